The summed E-state index contributed by atoms with van der Waals surface area (Å²) in [7, 11) is 1.82. The summed E-state index contributed by atoms with van der Waals surface area (Å²) in [6.07, 6.45) is 3.21. The van der Waals surface area contributed by atoms with E-state index in [1.54, 1.807) is 24.7 Å². The monoisotopic (exact) mass is 288 g/mol. The van der Waals surface area contributed by atoms with Gasteiger partial charge in [0.25, 0.3) is 0 Å². The third-order valence-corrected chi connectivity index (χ3v) is 2.84. The van der Waals surface area contributed by atoms with Gasteiger partial charge < -0.3 is 14.8 Å². The molecule has 2 N–H and O–H groups in total. The fourth-order valence-corrected chi connectivity index (χ4v) is 1.93. The van der Waals surface area contributed by atoms with Crippen molar-refractivity contribution in [2.75, 3.05) is 18.9 Å². The molecular weight excluding hydrogens is 272 g/mol. The van der Waals surface area contributed by atoms with E-state index in [4.69, 9.17) is 9.52 Å². The molecule has 0 bridgehead atoms. The molecule has 2 aromatic rings. The quantitative estimate of drug-likeness (QED) is 0.850. The van der Waals surface area contributed by atoms with Crippen molar-refractivity contribution >= 4 is 17.6 Å². The first-order valence-corrected chi connectivity index (χ1v) is 6.37. The summed E-state index contributed by atoms with van der Waals surface area (Å²) in [5.41, 5.74) is 1.59. The summed E-state index contributed by atoms with van der Waals surface area (Å²) in [6.45, 7) is 0.793. The van der Waals surface area contributed by atoms with Gasteiger partial charge in [0.05, 0.1) is 24.6 Å². The van der Waals surface area contributed by atoms with Crippen LogP contribution in [-0.2, 0) is 11.3 Å². The Kier molecular flexibility index (Phi) is 4.73. The second kappa shape index (κ2) is 6.71. The molecule has 1 heterocycles. The van der Waals surface area contributed by atoms with E-state index < -0.39 is 5.97 Å². The number of carboxylic acid groups (broad SMARTS) is 1. The fourth-order valence-electron chi connectivity index (χ4n) is 1.93. The second-order valence-electron chi connectivity index (χ2n) is 4.74. The summed E-state index contributed by atoms with van der Waals surface area (Å²) in [4.78, 5) is 24.6. The molecule has 0 saturated carbocycles. The van der Waals surface area contributed by atoms with Crippen LogP contribution in [0.15, 0.2) is 47.3 Å². The Morgan fingerprint density at radius 3 is 2.81 bits per heavy atom. The predicted molar refractivity (Wildman–Crippen MR) is 77.1 cm³/mol. The molecule has 21 heavy (non-hydrogen) atoms. The summed E-state index contributed by atoms with van der Waals surface area (Å²) in [5.74, 6) is -1.23. The number of amides is 1. The van der Waals surface area contributed by atoms with Crippen molar-refractivity contribution in [1.29, 1.82) is 0 Å². The predicted octanol–water partition coefficient (Wildman–Crippen LogP) is 2.05. The van der Waals surface area contributed by atoms with E-state index in [9.17, 15) is 9.59 Å². The van der Waals surface area contributed by atoms with Crippen LogP contribution in [0.3, 0.4) is 0 Å². The summed E-state index contributed by atoms with van der Waals surface area (Å²) >= 11 is 0. The van der Waals surface area contributed by atoms with Gasteiger partial charge in [-0.15, -0.1) is 0 Å². The van der Waals surface area contributed by atoms with Crippen LogP contribution in [0.2, 0.25) is 0 Å². The van der Waals surface area contributed by atoms with Gasteiger partial charge in [-0.25, -0.2) is 4.79 Å². The standard InChI is InChI=1S/C15H16N2O4/c1-17(8-11-5-6-21-10-11)9-14(18)16-13-4-2-3-12(7-13)15(19)20/h2-7,10H,8-9H2,1H3,(H,16,18)(H,19,20). The van der Waals surface area contributed by atoms with E-state index in [0.717, 1.165) is 5.56 Å². The van der Waals surface area contributed by atoms with Crippen molar-refractivity contribution in [3.8, 4) is 0 Å². The van der Waals surface area contributed by atoms with Crippen molar-refractivity contribution in [2.24, 2.45) is 0 Å². The molecule has 1 aromatic heterocycles. The van der Waals surface area contributed by atoms with E-state index in [1.165, 1.54) is 12.1 Å². The zero-order valence-electron chi connectivity index (χ0n) is 11.6. The number of rotatable bonds is 6. The first-order valence-electron chi connectivity index (χ1n) is 6.37. The lowest BCUT2D eigenvalue weighted by Crippen LogP contribution is -2.29. The van der Waals surface area contributed by atoms with Crippen LogP contribution in [0.25, 0.3) is 0 Å². The number of carbonyl (C=O) groups is 2. The average molecular weight is 288 g/mol. The van der Waals surface area contributed by atoms with Gasteiger partial charge in [-0.05, 0) is 31.3 Å². The molecule has 0 aliphatic heterocycles. The molecule has 2 rings (SSSR count). The average Bonchev–Trinajstić information content (AvgIpc) is 2.91. The van der Waals surface area contributed by atoms with E-state index in [0.29, 0.717) is 12.2 Å². The van der Waals surface area contributed by atoms with Crippen molar-refractivity contribution in [2.45, 2.75) is 6.54 Å². The van der Waals surface area contributed by atoms with Gasteiger partial charge in [0.15, 0.2) is 0 Å². The molecule has 6 nitrogen and oxygen atoms in total. The molecule has 0 saturated heterocycles. The van der Waals surface area contributed by atoms with Crippen molar-refractivity contribution in [3.63, 3.8) is 0 Å². The van der Waals surface area contributed by atoms with Crippen LogP contribution in [0.4, 0.5) is 5.69 Å². The first-order chi connectivity index (χ1) is 10.0. The Hall–Kier alpha value is -2.60. The minimum Gasteiger partial charge on any atom is -0.478 e. The van der Waals surface area contributed by atoms with Gasteiger partial charge in [-0.3, -0.25) is 9.69 Å². The number of nitrogens with zero attached hydrogens (tertiary/aromatic N) is 1. The maximum atomic E-state index is 11.9. The first kappa shape index (κ1) is 14.8. The molecule has 0 fully saturated rings. The lowest BCUT2D eigenvalue weighted by atomic mass is 10.2. The van der Waals surface area contributed by atoms with E-state index in [-0.39, 0.29) is 18.0 Å². The maximum absolute atomic E-state index is 11.9. The molecule has 0 atom stereocenters. The zero-order chi connectivity index (χ0) is 15.2. The number of carbonyl (C=O) groups excluding carboxylic acids is 1. The molecule has 1 aromatic carbocycles. The summed E-state index contributed by atoms with van der Waals surface area (Å²) < 4.78 is 4.97. The zero-order valence-corrected chi connectivity index (χ0v) is 11.6. The van der Waals surface area contributed by atoms with Gasteiger partial charge in [0.1, 0.15) is 0 Å². The van der Waals surface area contributed by atoms with Gasteiger partial charge >= 0.3 is 5.97 Å². The largest absolute Gasteiger partial charge is 0.478 e. The lowest BCUT2D eigenvalue weighted by Gasteiger charge is -2.15. The number of nitrogens with one attached hydrogen (secondary N) is 1. The smallest absolute Gasteiger partial charge is 0.335 e. The van der Waals surface area contributed by atoms with Gasteiger partial charge in [0, 0.05) is 17.8 Å². The van der Waals surface area contributed by atoms with Crippen LogP contribution >= 0.6 is 0 Å². The Morgan fingerprint density at radius 1 is 1.33 bits per heavy atom. The highest BCUT2D eigenvalue weighted by Crippen LogP contribution is 2.11. The number of aromatic carboxylic acids is 1. The number of benzene rings is 1. The Bertz CT molecular complexity index is 622. The highest BCUT2D eigenvalue weighted by Gasteiger charge is 2.09. The third-order valence-electron chi connectivity index (χ3n) is 2.84. The maximum Gasteiger partial charge on any atom is 0.335 e. The second-order valence-corrected chi connectivity index (χ2v) is 4.74. The van der Waals surface area contributed by atoms with Gasteiger partial charge in [-0.2, -0.15) is 0 Å². The van der Waals surface area contributed by atoms with Crippen molar-refractivity contribution in [3.05, 3.63) is 54.0 Å². The van der Waals surface area contributed by atoms with E-state index in [1.807, 2.05) is 18.0 Å². The molecule has 0 spiro atoms. The molecule has 6 heteroatoms. The number of hydrogen-bond donors (Lipinski definition) is 2. The molecule has 0 unspecified atom stereocenters. The number of hydrogen-bond acceptors (Lipinski definition) is 4. The third kappa shape index (κ3) is 4.47. The highest BCUT2D eigenvalue weighted by molar-refractivity contribution is 5.94. The minimum absolute atomic E-state index is 0.138. The van der Waals surface area contributed by atoms with Crippen molar-refractivity contribution in [1.82, 2.24) is 4.90 Å². The topological polar surface area (TPSA) is 82.8 Å². The van der Waals surface area contributed by atoms with Gasteiger partial charge in [0.2, 0.25) is 5.91 Å². The normalized spacial score (nSPS) is 10.6. The molecular formula is C15H16N2O4. The Balaban J connectivity index is 1.89. The number of likely N-dealkylation sites (N-methyl/N-ethyl adjacent to an activating group) is 1. The SMILES string of the molecule is CN(CC(=O)Nc1cccc(C(=O)O)c1)Cc1ccoc1. The summed E-state index contributed by atoms with van der Waals surface area (Å²) in [5, 5.41) is 11.6. The number of anilines is 1. The molecule has 0 aliphatic rings. The number of carboxylic acids is 1. The van der Waals surface area contributed by atoms with Crippen molar-refractivity contribution < 1.29 is 19.1 Å². The molecule has 0 aliphatic carbocycles. The van der Waals surface area contributed by atoms with Crippen LogP contribution in [0, 0.1) is 0 Å². The van der Waals surface area contributed by atoms with E-state index in [2.05, 4.69) is 5.32 Å². The van der Waals surface area contributed by atoms with E-state index >= 15 is 0 Å². The highest BCUT2D eigenvalue weighted by atomic mass is 16.4. The molecule has 110 valence electrons. The summed E-state index contributed by atoms with van der Waals surface area (Å²) in [6, 6.07) is 7.98. The van der Waals surface area contributed by atoms with Crippen LogP contribution in [0.1, 0.15) is 15.9 Å². The number of furan rings is 1. The van der Waals surface area contributed by atoms with Crippen LogP contribution in [-0.4, -0.2) is 35.5 Å². The van der Waals surface area contributed by atoms with Crippen LogP contribution < -0.4 is 5.32 Å². The minimum atomic E-state index is -1.02. The Morgan fingerprint density at radius 2 is 2.14 bits per heavy atom. The van der Waals surface area contributed by atoms with Gasteiger partial charge in [-0.1, -0.05) is 6.07 Å². The molecule has 1 amide bonds. The Labute approximate surface area is 122 Å². The molecule has 0 radical (unpaired) electrons. The fraction of sp³-hybridized carbons (Fsp3) is 0.200. The van der Waals surface area contributed by atoms with Crippen LogP contribution in [0.5, 0.6) is 0 Å². The lowest BCUT2D eigenvalue weighted by molar-refractivity contribution is -0.117.